The quantitative estimate of drug-likeness (QED) is 0.821. The number of fused-ring (bicyclic) bond motifs is 1. The highest BCUT2D eigenvalue weighted by molar-refractivity contribution is 6.00. The number of methoxy groups -OCH3 is 1. The Kier molecular flexibility index (Phi) is 4.27. The molecule has 1 aliphatic heterocycles. The first-order chi connectivity index (χ1) is 10.7. The van der Waals surface area contributed by atoms with Gasteiger partial charge in [0.2, 0.25) is 0 Å². The average molecular weight is 302 g/mol. The Morgan fingerprint density at radius 2 is 2.05 bits per heavy atom. The zero-order chi connectivity index (χ0) is 15.5. The second kappa shape index (κ2) is 6.34. The topological polar surface area (TPSA) is 60.2 Å². The van der Waals surface area contributed by atoms with Gasteiger partial charge >= 0.3 is 5.97 Å². The van der Waals surface area contributed by atoms with Crippen molar-refractivity contribution in [2.45, 2.75) is 6.54 Å². The van der Waals surface area contributed by atoms with E-state index in [1.165, 1.54) is 12.0 Å². The first-order valence-corrected chi connectivity index (χ1v) is 7.44. The Balaban J connectivity index is 2.08. The number of nitrogens with one attached hydrogen (secondary N) is 1. The fourth-order valence-electron chi connectivity index (χ4n) is 2.94. The van der Waals surface area contributed by atoms with Crippen LogP contribution in [0.2, 0.25) is 0 Å². The number of aromatic hydroxyl groups is 1. The maximum Gasteiger partial charge on any atom is 0.341 e. The largest absolute Gasteiger partial charge is 0.507 e. The SMILES string of the molecule is COC(=O)c1cc2ccccc2c(C[NH+]2CCOCC2)c1O. The van der Waals surface area contributed by atoms with E-state index in [0.29, 0.717) is 6.54 Å². The molecule has 5 nitrogen and oxygen atoms in total. The minimum atomic E-state index is -0.513. The zero-order valence-corrected chi connectivity index (χ0v) is 12.6. The number of carbonyl (C=O) groups excluding carboxylic acids is 1. The second-order valence-electron chi connectivity index (χ2n) is 5.50. The predicted octanol–water partition coefficient (Wildman–Crippen LogP) is 0.747. The van der Waals surface area contributed by atoms with Gasteiger partial charge in [0.25, 0.3) is 0 Å². The number of hydrogen-bond acceptors (Lipinski definition) is 4. The smallest absolute Gasteiger partial charge is 0.341 e. The van der Waals surface area contributed by atoms with Crippen LogP contribution in [0.25, 0.3) is 10.8 Å². The summed E-state index contributed by atoms with van der Waals surface area (Å²) in [5.41, 5.74) is 1.03. The van der Waals surface area contributed by atoms with Crippen molar-refractivity contribution in [3.63, 3.8) is 0 Å². The molecule has 0 radical (unpaired) electrons. The molecule has 0 amide bonds. The molecule has 116 valence electrons. The standard InChI is InChI=1S/C17H19NO4/c1-21-17(20)14-10-12-4-2-3-5-13(12)15(16(14)19)11-18-6-8-22-9-7-18/h2-5,10,19H,6-9,11H2,1H3/p+1. The summed E-state index contributed by atoms with van der Waals surface area (Å²) in [6.07, 6.45) is 0. The number of morpholine rings is 1. The van der Waals surface area contributed by atoms with Crippen molar-refractivity contribution in [1.29, 1.82) is 0 Å². The van der Waals surface area contributed by atoms with Crippen LogP contribution in [0.5, 0.6) is 5.75 Å². The molecule has 1 heterocycles. The normalized spacial score (nSPS) is 15.9. The van der Waals surface area contributed by atoms with Crippen molar-refractivity contribution in [3.8, 4) is 5.75 Å². The number of ether oxygens (including phenoxy) is 2. The van der Waals surface area contributed by atoms with Gasteiger partial charge < -0.3 is 19.5 Å². The van der Waals surface area contributed by atoms with Crippen LogP contribution >= 0.6 is 0 Å². The molecule has 0 saturated carbocycles. The summed E-state index contributed by atoms with van der Waals surface area (Å²) >= 11 is 0. The number of phenols is 1. The molecule has 1 saturated heterocycles. The minimum Gasteiger partial charge on any atom is -0.507 e. The summed E-state index contributed by atoms with van der Waals surface area (Å²) in [4.78, 5) is 13.3. The van der Waals surface area contributed by atoms with E-state index in [9.17, 15) is 9.90 Å². The van der Waals surface area contributed by atoms with Crippen molar-refractivity contribution in [1.82, 2.24) is 0 Å². The number of carbonyl (C=O) groups is 1. The van der Waals surface area contributed by atoms with Crippen LogP contribution in [0.1, 0.15) is 15.9 Å². The summed E-state index contributed by atoms with van der Waals surface area (Å²) in [7, 11) is 1.32. The van der Waals surface area contributed by atoms with Crippen LogP contribution < -0.4 is 4.90 Å². The number of hydrogen-bond donors (Lipinski definition) is 2. The Hall–Kier alpha value is -2.11. The number of esters is 1. The van der Waals surface area contributed by atoms with Crippen LogP contribution in [0.3, 0.4) is 0 Å². The Bertz CT molecular complexity index is 692. The van der Waals surface area contributed by atoms with Gasteiger partial charge in [-0.15, -0.1) is 0 Å². The number of benzene rings is 2. The minimum absolute atomic E-state index is 0.0320. The van der Waals surface area contributed by atoms with Crippen molar-refractivity contribution in [2.75, 3.05) is 33.4 Å². The lowest BCUT2D eigenvalue weighted by Gasteiger charge is -2.25. The van der Waals surface area contributed by atoms with Crippen LogP contribution in [-0.4, -0.2) is 44.5 Å². The van der Waals surface area contributed by atoms with Gasteiger partial charge in [0.05, 0.1) is 25.9 Å². The predicted molar refractivity (Wildman–Crippen MR) is 82.2 cm³/mol. The van der Waals surface area contributed by atoms with E-state index >= 15 is 0 Å². The highest BCUT2D eigenvalue weighted by atomic mass is 16.5. The lowest BCUT2D eigenvalue weighted by atomic mass is 9.98. The summed E-state index contributed by atoms with van der Waals surface area (Å²) in [5, 5.41) is 12.5. The van der Waals surface area contributed by atoms with Gasteiger partial charge in [-0.25, -0.2) is 4.79 Å². The molecule has 0 spiro atoms. The molecule has 0 atom stereocenters. The summed E-state index contributed by atoms with van der Waals surface area (Å²) in [6, 6.07) is 9.48. The highest BCUT2D eigenvalue weighted by Crippen LogP contribution is 2.31. The molecule has 5 heteroatoms. The molecule has 1 aliphatic rings. The van der Waals surface area contributed by atoms with Crippen molar-refractivity contribution in [2.24, 2.45) is 0 Å². The number of phenolic OH excluding ortho intramolecular Hbond substituents is 1. The molecule has 2 N–H and O–H groups in total. The summed E-state index contributed by atoms with van der Waals surface area (Å²) < 4.78 is 10.2. The Labute approximate surface area is 129 Å². The summed E-state index contributed by atoms with van der Waals surface area (Å²) in [5.74, 6) is -0.481. The van der Waals surface area contributed by atoms with Gasteiger partial charge in [0, 0.05) is 0 Å². The van der Waals surface area contributed by atoms with Gasteiger partial charge in [0.15, 0.2) is 0 Å². The molecule has 0 bridgehead atoms. The van der Waals surface area contributed by atoms with Crippen LogP contribution in [0, 0.1) is 0 Å². The monoisotopic (exact) mass is 302 g/mol. The van der Waals surface area contributed by atoms with E-state index in [1.807, 2.05) is 24.3 Å². The maximum absolute atomic E-state index is 11.9. The molecule has 0 unspecified atom stereocenters. The highest BCUT2D eigenvalue weighted by Gasteiger charge is 2.23. The van der Waals surface area contributed by atoms with E-state index in [1.54, 1.807) is 6.07 Å². The third-order valence-corrected chi connectivity index (χ3v) is 4.16. The third kappa shape index (κ3) is 2.77. The molecular formula is C17H20NO4+. The van der Waals surface area contributed by atoms with Gasteiger partial charge in [0.1, 0.15) is 30.9 Å². The lowest BCUT2D eigenvalue weighted by Crippen LogP contribution is -3.12. The maximum atomic E-state index is 11.9. The fourth-order valence-corrected chi connectivity index (χ4v) is 2.94. The molecular weight excluding hydrogens is 282 g/mol. The average Bonchev–Trinajstić information content (AvgIpc) is 2.57. The molecule has 22 heavy (non-hydrogen) atoms. The van der Waals surface area contributed by atoms with E-state index < -0.39 is 5.97 Å². The van der Waals surface area contributed by atoms with Gasteiger partial charge in [-0.05, 0) is 16.8 Å². The fraction of sp³-hybridized carbons (Fsp3) is 0.353. The number of quaternary nitrogens is 1. The second-order valence-corrected chi connectivity index (χ2v) is 5.50. The van der Waals surface area contributed by atoms with Crippen molar-refractivity contribution in [3.05, 3.63) is 41.5 Å². The first-order valence-electron chi connectivity index (χ1n) is 7.44. The number of rotatable bonds is 3. The molecule has 1 fully saturated rings. The molecule has 3 rings (SSSR count). The van der Waals surface area contributed by atoms with E-state index in [4.69, 9.17) is 9.47 Å². The van der Waals surface area contributed by atoms with Crippen LogP contribution in [0.4, 0.5) is 0 Å². The van der Waals surface area contributed by atoms with Gasteiger partial charge in [-0.3, -0.25) is 0 Å². The third-order valence-electron chi connectivity index (χ3n) is 4.16. The van der Waals surface area contributed by atoms with E-state index in [-0.39, 0.29) is 11.3 Å². The van der Waals surface area contributed by atoms with Gasteiger partial charge in [-0.2, -0.15) is 0 Å². The first kappa shape index (κ1) is 14.8. The van der Waals surface area contributed by atoms with E-state index in [0.717, 1.165) is 42.6 Å². The van der Waals surface area contributed by atoms with E-state index in [2.05, 4.69) is 0 Å². The van der Waals surface area contributed by atoms with Crippen molar-refractivity contribution >= 4 is 16.7 Å². The Morgan fingerprint density at radius 1 is 1.32 bits per heavy atom. The van der Waals surface area contributed by atoms with Crippen LogP contribution in [0.15, 0.2) is 30.3 Å². The molecule has 2 aromatic carbocycles. The molecule has 0 aliphatic carbocycles. The molecule has 0 aromatic heterocycles. The lowest BCUT2D eigenvalue weighted by molar-refractivity contribution is -0.921. The van der Waals surface area contributed by atoms with Crippen LogP contribution in [-0.2, 0) is 16.0 Å². The molecule has 2 aromatic rings. The van der Waals surface area contributed by atoms with Crippen molar-refractivity contribution < 1.29 is 24.3 Å². The Morgan fingerprint density at radius 3 is 2.77 bits per heavy atom. The van der Waals surface area contributed by atoms with Gasteiger partial charge in [-0.1, -0.05) is 24.3 Å². The zero-order valence-electron chi connectivity index (χ0n) is 12.6. The summed E-state index contributed by atoms with van der Waals surface area (Å²) in [6.45, 7) is 3.92.